The molecule has 0 saturated heterocycles. The molecular weight excluding hydrogens is 360 g/mol. The number of rotatable bonds is 5. The van der Waals surface area contributed by atoms with Crippen LogP contribution >= 0.6 is 0 Å². The second kappa shape index (κ2) is 8.22. The standard InChI is InChI=1S/C26H36O3/c1-16-12-23(28)21(25(3,4)5)14-19(16)18(10-9-11-27)20-15-22(26(6,7)8)24(29)13-17(20)2/h11-15,18,28-29H,9-10H2,1-8H3. The van der Waals surface area contributed by atoms with Gasteiger partial charge in [-0.3, -0.25) is 0 Å². The van der Waals surface area contributed by atoms with Gasteiger partial charge in [0.05, 0.1) is 0 Å². The average Bonchev–Trinajstić information content (AvgIpc) is 2.55. The van der Waals surface area contributed by atoms with E-state index in [0.717, 1.165) is 39.7 Å². The molecule has 2 aromatic carbocycles. The van der Waals surface area contributed by atoms with Crippen molar-refractivity contribution in [3.8, 4) is 11.5 Å². The summed E-state index contributed by atoms with van der Waals surface area (Å²) in [5.74, 6) is 0.639. The zero-order valence-electron chi connectivity index (χ0n) is 19.2. The fraction of sp³-hybridized carbons (Fsp3) is 0.500. The number of benzene rings is 2. The van der Waals surface area contributed by atoms with E-state index in [1.54, 1.807) is 0 Å². The van der Waals surface area contributed by atoms with Gasteiger partial charge in [-0.25, -0.2) is 0 Å². The Labute approximate surface area is 175 Å². The van der Waals surface area contributed by atoms with Crippen molar-refractivity contribution in [2.45, 2.75) is 85.0 Å². The number of aryl methyl sites for hydroxylation is 2. The van der Waals surface area contributed by atoms with Gasteiger partial charge in [0, 0.05) is 12.3 Å². The first-order chi connectivity index (χ1) is 13.3. The van der Waals surface area contributed by atoms with Crippen LogP contribution in [0.5, 0.6) is 11.5 Å². The second-order valence-corrected chi connectivity index (χ2v) is 10.2. The molecule has 3 nitrogen and oxygen atoms in total. The molecule has 0 bridgehead atoms. The zero-order chi connectivity index (χ0) is 22.1. The largest absolute Gasteiger partial charge is 0.508 e. The van der Waals surface area contributed by atoms with Crippen molar-refractivity contribution < 1.29 is 15.0 Å². The zero-order valence-corrected chi connectivity index (χ0v) is 19.2. The molecule has 0 heterocycles. The number of carbonyl (C=O) groups excluding carboxylic acids is 1. The van der Waals surface area contributed by atoms with Crippen molar-refractivity contribution in [1.29, 1.82) is 0 Å². The van der Waals surface area contributed by atoms with Gasteiger partial charge in [-0.15, -0.1) is 0 Å². The van der Waals surface area contributed by atoms with E-state index in [-0.39, 0.29) is 16.7 Å². The van der Waals surface area contributed by atoms with Crippen LogP contribution in [0, 0.1) is 13.8 Å². The SMILES string of the molecule is Cc1cc(O)c(C(C)(C)C)cc1C(CCC=O)c1cc(C(C)(C)C)c(O)cc1C. The van der Waals surface area contributed by atoms with E-state index in [1.807, 2.05) is 26.0 Å². The molecule has 3 heteroatoms. The van der Waals surface area contributed by atoms with Gasteiger partial charge in [-0.2, -0.15) is 0 Å². The van der Waals surface area contributed by atoms with Crippen LogP contribution in [-0.4, -0.2) is 16.5 Å². The number of aromatic hydroxyl groups is 2. The van der Waals surface area contributed by atoms with E-state index >= 15 is 0 Å². The number of phenolic OH excluding ortho intramolecular Hbond substituents is 2. The molecule has 0 aliphatic heterocycles. The monoisotopic (exact) mass is 396 g/mol. The van der Waals surface area contributed by atoms with E-state index in [4.69, 9.17) is 0 Å². The Bertz CT molecular complexity index is 826. The second-order valence-electron chi connectivity index (χ2n) is 10.2. The maximum absolute atomic E-state index is 11.2. The minimum atomic E-state index is -0.192. The summed E-state index contributed by atoms with van der Waals surface area (Å²) in [6.45, 7) is 16.5. The van der Waals surface area contributed by atoms with E-state index in [2.05, 4.69) is 53.7 Å². The van der Waals surface area contributed by atoms with Crippen LogP contribution in [0.2, 0.25) is 0 Å². The highest BCUT2D eigenvalue weighted by Gasteiger charge is 2.27. The Kier molecular flexibility index (Phi) is 6.51. The lowest BCUT2D eigenvalue weighted by atomic mass is 9.76. The Morgan fingerprint density at radius 2 is 1.17 bits per heavy atom. The summed E-state index contributed by atoms with van der Waals surface area (Å²) in [4.78, 5) is 11.2. The third-order valence-electron chi connectivity index (χ3n) is 5.71. The smallest absolute Gasteiger partial charge is 0.120 e. The number of hydrogen-bond acceptors (Lipinski definition) is 3. The molecule has 0 unspecified atom stereocenters. The highest BCUT2D eigenvalue weighted by atomic mass is 16.3. The van der Waals surface area contributed by atoms with E-state index < -0.39 is 0 Å². The maximum atomic E-state index is 11.2. The third-order valence-corrected chi connectivity index (χ3v) is 5.71. The molecule has 0 spiro atoms. The molecule has 0 fully saturated rings. The summed E-state index contributed by atoms with van der Waals surface area (Å²) in [7, 11) is 0. The van der Waals surface area contributed by atoms with Crippen LogP contribution in [0.3, 0.4) is 0 Å². The summed E-state index contributed by atoms with van der Waals surface area (Å²) >= 11 is 0. The molecule has 0 aliphatic carbocycles. The van der Waals surface area contributed by atoms with Gasteiger partial charge < -0.3 is 15.0 Å². The molecule has 0 radical (unpaired) electrons. The lowest BCUT2D eigenvalue weighted by Crippen LogP contribution is -2.16. The summed E-state index contributed by atoms with van der Waals surface area (Å²) in [6, 6.07) is 7.88. The third kappa shape index (κ3) is 5.01. The quantitative estimate of drug-likeness (QED) is 0.573. The average molecular weight is 397 g/mol. The summed E-state index contributed by atoms with van der Waals surface area (Å²) < 4.78 is 0. The van der Waals surface area contributed by atoms with Crippen LogP contribution in [-0.2, 0) is 15.6 Å². The number of carbonyl (C=O) groups is 1. The summed E-state index contributed by atoms with van der Waals surface area (Å²) in [5.41, 5.74) is 5.70. The molecule has 0 saturated carbocycles. The predicted molar refractivity (Wildman–Crippen MR) is 120 cm³/mol. The minimum Gasteiger partial charge on any atom is -0.508 e. The van der Waals surface area contributed by atoms with Gasteiger partial charge >= 0.3 is 0 Å². The first-order valence-corrected chi connectivity index (χ1v) is 10.4. The van der Waals surface area contributed by atoms with Gasteiger partial charge in [0.25, 0.3) is 0 Å². The molecule has 0 aromatic heterocycles. The summed E-state index contributed by atoms with van der Waals surface area (Å²) in [5, 5.41) is 21.1. The molecule has 158 valence electrons. The lowest BCUT2D eigenvalue weighted by molar-refractivity contribution is -0.107. The predicted octanol–water partition coefficient (Wildman–Crippen LogP) is 6.42. The molecule has 29 heavy (non-hydrogen) atoms. The van der Waals surface area contributed by atoms with Crippen LogP contribution in [0.1, 0.15) is 93.7 Å². The van der Waals surface area contributed by atoms with Gasteiger partial charge in [0.2, 0.25) is 0 Å². The Morgan fingerprint density at radius 1 is 0.793 bits per heavy atom. The number of phenols is 2. The number of aldehydes is 1. The van der Waals surface area contributed by atoms with Crippen LogP contribution < -0.4 is 0 Å². The Morgan fingerprint density at radius 3 is 1.48 bits per heavy atom. The van der Waals surface area contributed by atoms with Crippen molar-refractivity contribution in [3.63, 3.8) is 0 Å². The topological polar surface area (TPSA) is 57.5 Å². The van der Waals surface area contributed by atoms with E-state index in [1.165, 1.54) is 0 Å². The lowest BCUT2D eigenvalue weighted by Gasteiger charge is -2.28. The molecular formula is C26H36O3. The van der Waals surface area contributed by atoms with Crippen molar-refractivity contribution in [1.82, 2.24) is 0 Å². The maximum Gasteiger partial charge on any atom is 0.120 e. The molecule has 0 atom stereocenters. The highest BCUT2D eigenvalue weighted by molar-refractivity contribution is 5.54. The van der Waals surface area contributed by atoms with Crippen LogP contribution in [0.15, 0.2) is 24.3 Å². The first-order valence-electron chi connectivity index (χ1n) is 10.4. The Hall–Kier alpha value is -2.29. The van der Waals surface area contributed by atoms with Gasteiger partial charge in [0.1, 0.15) is 17.8 Å². The number of hydrogen-bond donors (Lipinski definition) is 2. The van der Waals surface area contributed by atoms with E-state index in [9.17, 15) is 15.0 Å². The molecule has 0 aliphatic rings. The van der Waals surface area contributed by atoms with Crippen molar-refractivity contribution in [2.75, 3.05) is 0 Å². The Balaban J connectivity index is 2.76. The minimum absolute atomic E-state index is 0.0172. The fourth-order valence-corrected chi connectivity index (χ4v) is 4.08. The fourth-order valence-electron chi connectivity index (χ4n) is 4.08. The van der Waals surface area contributed by atoms with Gasteiger partial charge in [-0.05, 0) is 76.6 Å². The van der Waals surface area contributed by atoms with Crippen LogP contribution in [0.4, 0.5) is 0 Å². The molecule has 0 amide bonds. The molecule has 2 rings (SSSR count). The normalized spacial score (nSPS) is 12.4. The summed E-state index contributed by atoms with van der Waals surface area (Å²) in [6.07, 6.45) is 2.11. The van der Waals surface area contributed by atoms with E-state index in [0.29, 0.717) is 24.3 Å². The van der Waals surface area contributed by atoms with Gasteiger partial charge in [-0.1, -0.05) is 53.7 Å². The highest BCUT2D eigenvalue weighted by Crippen LogP contribution is 2.42. The molecule has 2 N–H and O–H groups in total. The van der Waals surface area contributed by atoms with Gasteiger partial charge in [0.15, 0.2) is 0 Å². The first kappa shape index (κ1) is 23.0. The van der Waals surface area contributed by atoms with Crippen molar-refractivity contribution in [2.24, 2.45) is 0 Å². The molecule has 2 aromatic rings. The van der Waals surface area contributed by atoms with Crippen LogP contribution in [0.25, 0.3) is 0 Å². The van der Waals surface area contributed by atoms with Crippen molar-refractivity contribution >= 4 is 6.29 Å². The van der Waals surface area contributed by atoms with Crippen molar-refractivity contribution in [3.05, 3.63) is 57.6 Å².